The van der Waals surface area contributed by atoms with E-state index in [2.05, 4.69) is 16.8 Å². The molecule has 0 spiro atoms. The van der Waals surface area contributed by atoms with Crippen LogP contribution in [0.5, 0.6) is 0 Å². The number of esters is 1. The number of carbonyl (C=O) groups is 2. The van der Waals surface area contributed by atoms with Gasteiger partial charge in [0, 0.05) is 50.7 Å². The smallest absolute Gasteiger partial charge is 0.339 e. The van der Waals surface area contributed by atoms with Crippen molar-refractivity contribution in [2.24, 2.45) is 0 Å². The number of likely N-dealkylation sites (tertiary alicyclic amines) is 1. The molecule has 5 rings (SSSR count). The van der Waals surface area contributed by atoms with Crippen LogP contribution in [0, 0.1) is 0 Å². The lowest BCUT2D eigenvalue weighted by Crippen LogP contribution is -2.55. The fraction of sp³-hybridized carbons (Fsp3) is 0.462. The Balaban J connectivity index is 1.26. The van der Waals surface area contributed by atoms with Gasteiger partial charge < -0.3 is 14.5 Å². The van der Waals surface area contributed by atoms with Crippen molar-refractivity contribution < 1.29 is 14.3 Å². The Hall–Kier alpha value is -2.70. The number of amides is 1. The zero-order valence-electron chi connectivity index (χ0n) is 18.7. The minimum absolute atomic E-state index is 0.0587. The minimum Gasteiger partial charge on any atom is -0.454 e. The highest BCUT2D eigenvalue weighted by Crippen LogP contribution is 2.31. The maximum atomic E-state index is 13.2. The van der Waals surface area contributed by atoms with E-state index in [1.165, 1.54) is 19.4 Å². The van der Waals surface area contributed by atoms with E-state index in [0.717, 1.165) is 43.9 Å². The zero-order chi connectivity index (χ0) is 22.1. The van der Waals surface area contributed by atoms with Crippen molar-refractivity contribution in [1.29, 1.82) is 0 Å². The van der Waals surface area contributed by atoms with Crippen LogP contribution in [0.1, 0.15) is 50.8 Å². The standard InChI is InChI=1S/C26H31N3O3/c1-27-11-5-8-22(18-27)28-12-14-29(15-13-28)25(30)20-9-10-23-21(16-20)17-24(32-26(23)31)19-6-3-2-4-7-19/h2-4,6-7,9-10,16,22,24H,5,8,11-15,17-18H2,1H3. The van der Waals surface area contributed by atoms with Gasteiger partial charge in [-0.2, -0.15) is 0 Å². The summed E-state index contributed by atoms with van der Waals surface area (Å²) in [5.74, 6) is -0.256. The summed E-state index contributed by atoms with van der Waals surface area (Å²) in [5.41, 5.74) is 3.11. The van der Waals surface area contributed by atoms with Crippen molar-refractivity contribution in [3.05, 3.63) is 70.8 Å². The summed E-state index contributed by atoms with van der Waals surface area (Å²) < 4.78 is 5.65. The fourth-order valence-corrected chi connectivity index (χ4v) is 5.29. The SMILES string of the molecule is CN1CCCC(N2CCN(C(=O)c3ccc4c(c3)CC(c3ccccc3)OC4=O)CC2)C1. The van der Waals surface area contributed by atoms with Crippen LogP contribution in [0.4, 0.5) is 0 Å². The first kappa shape index (κ1) is 21.2. The van der Waals surface area contributed by atoms with E-state index >= 15 is 0 Å². The average molecular weight is 434 g/mol. The molecule has 0 N–H and O–H groups in total. The lowest BCUT2D eigenvalue weighted by molar-refractivity contribution is 0.0251. The van der Waals surface area contributed by atoms with Crippen molar-refractivity contribution in [3.8, 4) is 0 Å². The molecule has 2 aromatic carbocycles. The van der Waals surface area contributed by atoms with E-state index in [1.54, 1.807) is 12.1 Å². The van der Waals surface area contributed by atoms with Crippen LogP contribution in [0.2, 0.25) is 0 Å². The molecule has 0 aliphatic carbocycles. The molecule has 3 aliphatic rings. The van der Waals surface area contributed by atoms with Crippen LogP contribution in [-0.2, 0) is 11.2 Å². The molecule has 3 heterocycles. The summed E-state index contributed by atoms with van der Waals surface area (Å²) in [4.78, 5) is 32.7. The van der Waals surface area contributed by atoms with Gasteiger partial charge in [0.1, 0.15) is 6.10 Å². The quantitative estimate of drug-likeness (QED) is 0.697. The molecule has 32 heavy (non-hydrogen) atoms. The highest BCUT2D eigenvalue weighted by atomic mass is 16.5. The van der Waals surface area contributed by atoms with Gasteiger partial charge in [-0.25, -0.2) is 4.79 Å². The van der Waals surface area contributed by atoms with E-state index in [4.69, 9.17) is 4.74 Å². The van der Waals surface area contributed by atoms with Gasteiger partial charge in [-0.1, -0.05) is 30.3 Å². The maximum absolute atomic E-state index is 13.2. The number of piperidine rings is 1. The Kier molecular flexibility index (Phi) is 5.98. The first-order valence-corrected chi connectivity index (χ1v) is 11.7. The molecule has 0 bridgehead atoms. The lowest BCUT2D eigenvalue weighted by Gasteiger charge is -2.42. The molecule has 168 valence electrons. The van der Waals surface area contributed by atoms with Crippen molar-refractivity contribution >= 4 is 11.9 Å². The number of hydrogen-bond acceptors (Lipinski definition) is 5. The van der Waals surface area contributed by atoms with Crippen LogP contribution in [0.3, 0.4) is 0 Å². The average Bonchev–Trinajstić information content (AvgIpc) is 2.84. The fourth-order valence-electron chi connectivity index (χ4n) is 5.29. The summed E-state index contributed by atoms with van der Waals surface area (Å²) in [6, 6.07) is 15.8. The molecule has 3 aliphatic heterocycles. The minimum atomic E-state index is -0.315. The molecule has 2 unspecified atom stereocenters. The molecule has 0 saturated carbocycles. The summed E-state index contributed by atoms with van der Waals surface area (Å²) in [7, 11) is 2.19. The van der Waals surface area contributed by atoms with Crippen molar-refractivity contribution in [2.45, 2.75) is 31.4 Å². The lowest BCUT2D eigenvalue weighted by atomic mass is 9.93. The molecule has 2 saturated heterocycles. The summed E-state index contributed by atoms with van der Waals surface area (Å²) in [5, 5.41) is 0. The second-order valence-corrected chi connectivity index (χ2v) is 9.27. The maximum Gasteiger partial charge on any atom is 0.339 e. The predicted molar refractivity (Wildman–Crippen MR) is 123 cm³/mol. The molecular formula is C26H31N3O3. The van der Waals surface area contributed by atoms with Crippen LogP contribution >= 0.6 is 0 Å². The van der Waals surface area contributed by atoms with Crippen molar-refractivity contribution in [3.63, 3.8) is 0 Å². The first-order chi connectivity index (χ1) is 15.6. The normalized spacial score (nSPS) is 24.7. The van der Waals surface area contributed by atoms with Gasteiger partial charge in [-0.15, -0.1) is 0 Å². The second-order valence-electron chi connectivity index (χ2n) is 9.27. The van der Waals surface area contributed by atoms with Crippen molar-refractivity contribution in [1.82, 2.24) is 14.7 Å². The Morgan fingerprint density at radius 1 is 1.00 bits per heavy atom. The number of fused-ring (bicyclic) bond motifs is 1. The van der Waals surface area contributed by atoms with E-state index in [0.29, 0.717) is 23.6 Å². The largest absolute Gasteiger partial charge is 0.454 e. The number of nitrogens with zero attached hydrogens (tertiary/aromatic N) is 3. The number of carbonyl (C=O) groups excluding carboxylic acids is 2. The van der Waals surface area contributed by atoms with Gasteiger partial charge >= 0.3 is 5.97 Å². The Morgan fingerprint density at radius 3 is 2.53 bits per heavy atom. The molecule has 6 heteroatoms. The third-order valence-corrected chi connectivity index (χ3v) is 7.12. The Morgan fingerprint density at radius 2 is 1.78 bits per heavy atom. The number of hydrogen-bond donors (Lipinski definition) is 0. The molecule has 0 aromatic heterocycles. The summed E-state index contributed by atoms with van der Waals surface area (Å²) >= 11 is 0. The van der Waals surface area contributed by atoms with E-state index in [9.17, 15) is 9.59 Å². The number of likely N-dealkylation sites (N-methyl/N-ethyl adjacent to an activating group) is 1. The highest BCUT2D eigenvalue weighted by molar-refractivity contribution is 5.97. The number of benzene rings is 2. The molecule has 6 nitrogen and oxygen atoms in total. The number of rotatable bonds is 3. The number of piperazine rings is 1. The molecule has 2 atom stereocenters. The van der Waals surface area contributed by atoms with Gasteiger partial charge in [-0.05, 0) is 55.8 Å². The van der Waals surface area contributed by atoms with E-state index < -0.39 is 0 Å². The summed E-state index contributed by atoms with van der Waals surface area (Å²) in [6.07, 6.45) is 2.79. The second kappa shape index (κ2) is 9.04. The first-order valence-electron chi connectivity index (χ1n) is 11.7. The molecule has 2 aromatic rings. The van der Waals surface area contributed by atoms with E-state index in [-0.39, 0.29) is 18.0 Å². The Bertz CT molecular complexity index is 985. The third-order valence-electron chi connectivity index (χ3n) is 7.12. The Labute approximate surface area is 189 Å². The van der Waals surface area contributed by atoms with Crippen molar-refractivity contribution in [2.75, 3.05) is 46.3 Å². The molecule has 2 fully saturated rings. The van der Waals surface area contributed by atoms with Crippen LogP contribution in [-0.4, -0.2) is 78.9 Å². The number of ether oxygens (including phenoxy) is 1. The van der Waals surface area contributed by atoms with Crippen LogP contribution < -0.4 is 0 Å². The van der Waals surface area contributed by atoms with Gasteiger partial charge in [-0.3, -0.25) is 9.69 Å². The van der Waals surface area contributed by atoms with Crippen LogP contribution in [0.15, 0.2) is 48.5 Å². The monoisotopic (exact) mass is 433 g/mol. The van der Waals surface area contributed by atoms with Gasteiger partial charge in [0.05, 0.1) is 5.56 Å². The topological polar surface area (TPSA) is 53.1 Å². The highest BCUT2D eigenvalue weighted by Gasteiger charge is 2.31. The molecular weight excluding hydrogens is 402 g/mol. The van der Waals surface area contributed by atoms with Gasteiger partial charge in [0.2, 0.25) is 0 Å². The molecule has 1 amide bonds. The van der Waals surface area contributed by atoms with Crippen LogP contribution in [0.25, 0.3) is 0 Å². The number of cyclic esters (lactones) is 1. The molecule has 0 radical (unpaired) electrons. The third kappa shape index (κ3) is 4.30. The van der Waals surface area contributed by atoms with Gasteiger partial charge in [0.25, 0.3) is 5.91 Å². The van der Waals surface area contributed by atoms with E-state index in [1.807, 2.05) is 41.3 Å². The van der Waals surface area contributed by atoms with Gasteiger partial charge in [0.15, 0.2) is 0 Å². The predicted octanol–water partition coefficient (Wildman–Crippen LogP) is 2.99. The zero-order valence-corrected chi connectivity index (χ0v) is 18.7. The summed E-state index contributed by atoms with van der Waals surface area (Å²) in [6.45, 7) is 5.67.